The summed E-state index contributed by atoms with van der Waals surface area (Å²) >= 11 is 1.70. The molecule has 0 aliphatic rings. The van der Waals surface area contributed by atoms with Crippen molar-refractivity contribution in [2.45, 2.75) is 31.3 Å². The molecule has 0 saturated carbocycles. The van der Waals surface area contributed by atoms with Gasteiger partial charge in [0.2, 0.25) is 0 Å². The molecule has 30 heavy (non-hydrogen) atoms. The maximum atomic E-state index is 11.9. The van der Waals surface area contributed by atoms with Crippen LogP contribution in [0.15, 0.2) is 72.1 Å². The second-order valence-corrected chi connectivity index (χ2v) is 8.06. The highest BCUT2D eigenvalue weighted by Crippen LogP contribution is 2.28. The Kier molecular flexibility index (Phi) is 6.14. The number of pyridine rings is 1. The number of aryl methyl sites for hydroxylation is 1. The minimum atomic E-state index is -0.0378. The number of fused-ring (bicyclic) bond motifs is 1. The van der Waals surface area contributed by atoms with Crippen molar-refractivity contribution in [3.63, 3.8) is 0 Å². The highest BCUT2D eigenvalue weighted by atomic mass is 32.2. The number of imidazole rings is 1. The van der Waals surface area contributed by atoms with Gasteiger partial charge < -0.3 is 9.88 Å². The number of benzene rings is 2. The Morgan fingerprint density at radius 1 is 1.10 bits per heavy atom. The molecule has 4 aromatic rings. The molecule has 0 aliphatic heterocycles. The Morgan fingerprint density at radius 3 is 2.67 bits per heavy atom. The molecule has 152 valence electrons. The van der Waals surface area contributed by atoms with E-state index in [0.717, 1.165) is 34.1 Å². The minimum absolute atomic E-state index is 0.0378. The van der Waals surface area contributed by atoms with Gasteiger partial charge in [0.15, 0.2) is 5.16 Å². The average molecular weight is 417 g/mol. The minimum Gasteiger partial charge on any atom is -0.352 e. The Hall–Kier alpha value is -3.12. The summed E-state index contributed by atoms with van der Waals surface area (Å²) in [4.78, 5) is 21.1. The van der Waals surface area contributed by atoms with Crippen molar-refractivity contribution in [3.05, 3.63) is 89.2 Å². The average Bonchev–Trinajstić information content (AvgIpc) is 3.12. The Bertz CT molecular complexity index is 1170. The van der Waals surface area contributed by atoms with Crippen LogP contribution in [0, 0.1) is 6.92 Å². The fourth-order valence-electron chi connectivity index (χ4n) is 3.33. The van der Waals surface area contributed by atoms with E-state index in [0.29, 0.717) is 12.1 Å². The molecular formula is C24H24N4OS. The summed E-state index contributed by atoms with van der Waals surface area (Å²) in [6.07, 6.45) is 3.66. The zero-order valence-electron chi connectivity index (χ0n) is 17.1. The molecule has 0 atom stereocenters. The first-order valence-electron chi connectivity index (χ1n) is 10.0. The van der Waals surface area contributed by atoms with Gasteiger partial charge in [-0.05, 0) is 48.7 Å². The molecule has 2 aromatic carbocycles. The van der Waals surface area contributed by atoms with E-state index in [-0.39, 0.29) is 5.91 Å². The molecule has 6 heteroatoms. The lowest BCUT2D eigenvalue weighted by atomic mass is 10.1. The van der Waals surface area contributed by atoms with Crippen molar-refractivity contribution in [1.29, 1.82) is 0 Å². The van der Waals surface area contributed by atoms with E-state index in [4.69, 9.17) is 4.98 Å². The van der Waals surface area contributed by atoms with Gasteiger partial charge in [-0.2, -0.15) is 0 Å². The van der Waals surface area contributed by atoms with E-state index in [9.17, 15) is 4.79 Å². The third kappa shape index (κ3) is 4.39. The highest BCUT2D eigenvalue weighted by molar-refractivity contribution is 7.98. The van der Waals surface area contributed by atoms with E-state index in [1.54, 1.807) is 18.0 Å². The molecule has 1 N–H and O–H groups in total. The molecule has 0 aliphatic carbocycles. The molecule has 0 fully saturated rings. The first kappa shape index (κ1) is 20.2. The lowest BCUT2D eigenvalue weighted by molar-refractivity contribution is 0.0956. The lowest BCUT2D eigenvalue weighted by Crippen LogP contribution is -2.22. The number of amides is 1. The van der Waals surface area contributed by atoms with Crippen LogP contribution >= 0.6 is 11.8 Å². The molecule has 0 radical (unpaired) electrons. The second-order valence-electron chi connectivity index (χ2n) is 7.12. The molecule has 1 amide bonds. The van der Waals surface area contributed by atoms with Crippen LogP contribution in [0.4, 0.5) is 0 Å². The number of rotatable bonds is 7. The Morgan fingerprint density at radius 2 is 1.90 bits per heavy atom. The smallest absolute Gasteiger partial charge is 0.251 e. The Labute approximate surface area is 180 Å². The number of nitrogens with zero attached hydrogens (tertiary/aromatic N) is 3. The molecular weight excluding hydrogens is 392 g/mol. The van der Waals surface area contributed by atoms with E-state index in [2.05, 4.69) is 46.1 Å². The number of carbonyl (C=O) groups is 1. The first-order chi connectivity index (χ1) is 14.7. The van der Waals surface area contributed by atoms with Crippen LogP contribution in [-0.2, 0) is 12.3 Å². The summed E-state index contributed by atoms with van der Waals surface area (Å²) in [7, 11) is 0. The number of nitrogens with one attached hydrogen (secondary N) is 1. The van der Waals surface area contributed by atoms with Gasteiger partial charge in [-0.1, -0.05) is 48.2 Å². The standard InChI is InChI=1S/C24H24N4OS/c1-3-26-23(29)19-10-8-18(9-11-19)16-30-24-27-21-12-13-25-14-22(21)28(24)15-20-7-5-4-6-17(20)2/h4-14H,3,15-16H2,1-2H3,(H,26,29). The van der Waals surface area contributed by atoms with Crippen LogP contribution in [-0.4, -0.2) is 27.0 Å². The van der Waals surface area contributed by atoms with Crippen molar-refractivity contribution in [2.75, 3.05) is 6.54 Å². The van der Waals surface area contributed by atoms with E-state index in [1.807, 2.05) is 43.5 Å². The molecule has 2 heterocycles. The summed E-state index contributed by atoms with van der Waals surface area (Å²) < 4.78 is 2.23. The van der Waals surface area contributed by atoms with Gasteiger partial charge in [0, 0.05) is 24.1 Å². The molecule has 4 rings (SSSR count). The van der Waals surface area contributed by atoms with Crippen LogP contribution in [0.1, 0.15) is 34.0 Å². The molecule has 0 bridgehead atoms. The predicted molar refractivity (Wildman–Crippen MR) is 122 cm³/mol. The van der Waals surface area contributed by atoms with Crippen LogP contribution in [0.25, 0.3) is 11.0 Å². The largest absolute Gasteiger partial charge is 0.352 e. The van der Waals surface area contributed by atoms with Gasteiger partial charge in [0.25, 0.3) is 5.91 Å². The van der Waals surface area contributed by atoms with Gasteiger partial charge in [0.05, 0.1) is 23.8 Å². The van der Waals surface area contributed by atoms with Gasteiger partial charge in [-0.15, -0.1) is 0 Å². The summed E-state index contributed by atoms with van der Waals surface area (Å²) in [5.41, 5.74) is 6.36. The monoisotopic (exact) mass is 416 g/mol. The molecule has 0 unspecified atom stereocenters. The molecule has 0 saturated heterocycles. The van der Waals surface area contributed by atoms with Gasteiger partial charge in [-0.3, -0.25) is 9.78 Å². The van der Waals surface area contributed by atoms with E-state index in [1.165, 1.54) is 11.1 Å². The van der Waals surface area contributed by atoms with Crippen molar-refractivity contribution in [2.24, 2.45) is 0 Å². The third-order valence-electron chi connectivity index (χ3n) is 5.03. The number of aromatic nitrogens is 3. The number of carbonyl (C=O) groups excluding carboxylic acids is 1. The van der Waals surface area contributed by atoms with Gasteiger partial charge in [0.1, 0.15) is 0 Å². The molecule has 2 aromatic heterocycles. The maximum absolute atomic E-state index is 11.9. The zero-order valence-corrected chi connectivity index (χ0v) is 17.9. The van der Waals surface area contributed by atoms with Gasteiger partial charge >= 0.3 is 0 Å². The Balaban J connectivity index is 1.57. The number of thioether (sulfide) groups is 1. The topological polar surface area (TPSA) is 59.8 Å². The van der Waals surface area contributed by atoms with Crippen molar-refractivity contribution in [3.8, 4) is 0 Å². The molecule has 5 nitrogen and oxygen atoms in total. The molecule has 0 spiro atoms. The number of hydrogen-bond acceptors (Lipinski definition) is 4. The summed E-state index contributed by atoms with van der Waals surface area (Å²) in [5, 5.41) is 3.79. The highest BCUT2D eigenvalue weighted by Gasteiger charge is 2.13. The summed E-state index contributed by atoms with van der Waals surface area (Å²) in [5.74, 6) is 0.740. The van der Waals surface area contributed by atoms with Crippen LogP contribution in [0.5, 0.6) is 0 Å². The predicted octanol–water partition coefficient (Wildman–Crippen LogP) is 4.83. The lowest BCUT2D eigenvalue weighted by Gasteiger charge is -2.11. The SMILES string of the molecule is CCNC(=O)c1ccc(CSc2nc3ccncc3n2Cc2ccccc2C)cc1. The van der Waals surface area contributed by atoms with Crippen LogP contribution in [0.2, 0.25) is 0 Å². The third-order valence-corrected chi connectivity index (χ3v) is 6.07. The normalized spacial score (nSPS) is 11.0. The van der Waals surface area contributed by atoms with Crippen LogP contribution < -0.4 is 5.32 Å². The van der Waals surface area contributed by atoms with Gasteiger partial charge in [-0.25, -0.2) is 4.98 Å². The van der Waals surface area contributed by atoms with E-state index < -0.39 is 0 Å². The fourth-order valence-corrected chi connectivity index (χ4v) is 4.30. The second kappa shape index (κ2) is 9.13. The quantitative estimate of drug-likeness (QED) is 0.438. The summed E-state index contributed by atoms with van der Waals surface area (Å²) in [6, 6.07) is 18.1. The first-order valence-corrected chi connectivity index (χ1v) is 11.0. The fraction of sp³-hybridized carbons (Fsp3) is 0.208. The maximum Gasteiger partial charge on any atom is 0.251 e. The van der Waals surface area contributed by atoms with Crippen molar-refractivity contribution >= 4 is 28.7 Å². The van der Waals surface area contributed by atoms with Crippen LogP contribution in [0.3, 0.4) is 0 Å². The zero-order chi connectivity index (χ0) is 20.9. The van der Waals surface area contributed by atoms with E-state index >= 15 is 0 Å². The number of hydrogen-bond donors (Lipinski definition) is 1. The summed E-state index contributed by atoms with van der Waals surface area (Å²) in [6.45, 7) is 5.44. The van der Waals surface area contributed by atoms with Crippen molar-refractivity contribution < 1.29 is 4.79 Å². The van der Waals surface area contributed by atoms with Crippen molar-refractivity contribution in [1.82, 2.24) is 19.9 Å².